The zero-order chi connectivity index (χ0) is 29.1. The molecule has 0 atom stereocenters. The average Bonchev–Trinajstić information content (AvgIpc) is 3.41. The van der Waals surface area contributed by atoms with Crippen molar-refractivity contribution in [3.8, 4) is 17.0 Å². The molecule has 2 aromatic heterocycles. The van der Waals surface area contributed by atoms with Crippen LogP contribution < -0.4 is 20.3 Å². The Morgan fingerprint density at radius 2 is 1.88 bits per heavy atom. The van der Waals surface area contributed by atoms with E-state index in [1.54, 1.807) is 7.11 Å². The molecule has 0 saturated carbocycles. The number of rotatable bonds is 8. The number of hydrogen-bond donors (Lipinski definition) is 2. The molecule has 2 saturated heterocycles. The number of aryl methyl sites for hydroxylation is 1. The lowest BCUT2D eigenvalue weighted by atomic mass is 10.0. The molecule has 2 aromatic carbocycles. The van der Waals surface area contributed by atoms with E-state index in [0.717, 1.165) is 80.1 Å². The van der Waals surface area contributed by atoms with Gasteiger partial charge >= 0.3 is 0 Å². The van der Waals surface area contributed by atoms with E-state index >= 15 is 0 Å². The number of nitrogens with zero attached hydrogens (tertiary/aromatic N) is 6. The smallest absolute Gasteiger partial charge is 0.247 e. The monoisotopic (exact) mass is 568 g/mol. The number of carbonyl (C=O) groups is 1. The van der Waals surface area contributed by atoms with Crippen molar-refractivity contribution in [2.75, 3.05) is 62.0 Å². The van der Waals surface area contributed by atoms with Crippen LogP contribution in [-0.4, -0.2) is 83.1 Å². The van der Waals surface area contributed by atoms with Crippen molar-refractivity contribution < 1.29 is 14.3 Å². The van der Waals surface area contributed by atoms with E-state index in [1.807, 2.05) is 48.3 Å². The van der Waals surface area contributed by atoms with E-state index in [1.165, 1.54) is 12.4 Å². The molecule has 0 aliphatic carbocycles. The maximum Gasteiger partial charge on any atom is 0.247 e. The number of anilines is 4. The van der Waals surface area contributed by atoms with Crippen LogP contribution in [0.15, 0.2) is 61.6 Å². The number of amides is 1. The molecule has 2 fully saturated rings. The van der Waals surface area contributed by atoms with Gasteiger partial charge in [0, 0.05) is 62.4 Å². The van der Waals surface area contributed by atoms with Crippen molar-refractivity contribution in [1.29, 1.82) is 0 Å². The third kappa shape index (κ3) is 5.79. The molecule has 0 radical (unpaired) electrons. The van der Waals surface area contributed by atoms with Crippen LogP contribution >= 0.6 is 0 Å². The normalized spacial score (nSPS) is 16.4. The molecule has 2 aliphatic heterocycles. The molecule has 6 rings (SSSR count). The summed E-state index contributed by atoms with van der Waals surface area (Å²) >= 11 is 0. The molecule has 4 heterocycles. The first-order chi connectivity index (χ1) is 20.5. The molecule has 2 N–H and O–H groups in total. The number of aromatic nitrogens is 4. The summed E-state index contributed by atoms with van der Waals surface area (Å²) < 4.78 is 13.2. The minimum Gasteiger partial charge on any atom is -0.494 e. The Morgan fingerprint density at radius 3 is 2.64 bits per heavy atom. The fourth-order valence-corrected chi connectivity index (χ4v) is 5.84. The van der Waals surface area contributed by atoms with Gasteiger partial charge in [-0.15, -0.1) is 0 Å². The highest BCUT2D eigenvalue weighted by atomic mass is 16.5. The maximum absolute atomic E-state index is 12.5. The number of benzene rings is 2. The zero-order valence-corrected chi connectivity index (χ0v) is 24.0. The highest BCUT2D eigenvalue weighted by Crippen LogP contribution is 2.40. The molecule has 11 nitrogen and oxygen atoms in total. The van der Waals surface area contributed by atoms with Crippen molar-refractivity contribution in [1.82, 2.24) is 24.6 Å². The number of morpholine rings is 1. The van der Waals surface area contributed by atoms with Gasteiger partial charge in [-0.1, -0.05) is 12.6 Å². The van der Waals surface area contributed by atoms with Crippen LogP contribution in [0.3, 0.4) is 0 Å². The second-order valence-electron chi connectivity index (χ2n) is 10.6. The van der Waals surface area contributed by atoms with Gasteiger partial charge in [0.05, 0.1) is 54.8 Å². The van der Waals surface area contributed by atoms with Gasteiger partial charge in [0.15, 0.2) is 0 Å². The number of piperidine rings is 1. The Bertz CT molecular complexity index is 1590. The van der Waals surface area contributed by atoms with Crippen LogP contribution in [0.4, 0.5) is 22.9 Å². The third-order valence-electron chi connectivity index (χ3n) is 8.10. The van der Waals surface area contributed by atoms with Crippen molar-refractivity contribution in [2.45, 2.75) is 18.9 Å². The topological polar surface area (TPSA) is 110 Å². The molecule has 1 amide bonds. The number of hydrogen-bond acceptors (Lipinski definition) is 9. The summed E-state index contributed by atoms with van der Waals surface area (Å²) in [6.07, 6.45) is 6.75. The number of methoxy groups -OCH3 is 1. The summed E-state index contributed by atoms with van der Waals surface area (Å²) in [7, 11) is 3.57. The minimum absolute atomic E-state index is 0.273. The fraction of sp³-hybridized carbons (Fsp3) is 0.355. The van der Waals surface area contributed by atoms with Gasteiger partial charge in [-0.05, 0) is 37.1 Å². The fourth-order valence-electron chi connectivity index (χ4n) is 5.84. The van der Waals surface area contributed by atoms with E-state index in [4.69, 9.17) is 9.47 Å². The lowest BCUT2D eigenvalue weighted by Gasteiger charge is -2.41. The van der Waals surface area contributed by atoms with E-state index in [2.05, 4.69) is 48.1 Å². The van der Waals surface area contributed by atoms with Crippen molar-refractivity contribution in [3.63, 3.8) is 0 Å². The molecule has 0 spiro atoms. The van der Waals surface area contributed by atoms with Crippen LogP contribution in [0.2, 0.25) is 0 Å². The van der Waals surface area contributed by atoms with E-state index in [-0.39, 0.29) is 5.91 Å². The number of fused-ring (bicyclic) bond motifs is 1. The number of ether oxygens (including phenoxy) is 2. The minimum atomic E-state index is -0.273. The number of nitrogens with one attached hydrogen (secondary N) is 2. The second-order valence-corrected chi connectivity index (χ2v) is 10.6. The molecule has 218 valence electrons. The van der Waals surface area contributed by atoms with Gasteiger partial charge in [-0.3, -0.25) is 14.4 Å². The van der Waals surface area contributed by atoms with Gasteiger partial charge in [-0.2, -0.15) is 5.10 Å². The predicted octanol–water partition coefficient (Wildman–Crippen LogP) is 4.21. The van der Waals surface area contributed by atoms with E-state index in [9.17, 15) is 4.79 Å². The lowest BCUT2D eigenvalue weighted by molar-refractivity contribution is -0.111. The Labute approximate surface area is 245 Å². The quantitative estimate of drug-likeness (QED) is 0.302. The highest BCUT2D eigenvalue weighted by molar-refractivity contribution is 6.02. The van der Waals surface area contributed by atoms with Crippen molar-refractivity contribution in [3.05, 3.63) is 61.6 Å². The molecule has 0 unspecified atom stereocenters. The molecule has 2 aliphatic rings. The lowest BCUT2D eigenvalue weighted by Crippen LogP contribution is -2.49. The standard InChI is InChI=1S/C31H36N8O3/c1-4-31(40)36-25-16-26(29(41-3)18-28(25)39-9-7-23(8-10-39)38-11-13-42-14-12-38)35-30-17-24(32-20-33-30)21-5-6-27-22(15-21)19-34-37(27)2/h4-6,15-20,23H,1,7-14H2,2-3H3,(H,36,40)(H,32,33,35). The Hall–Kier alpha value is -4.48. The summed E-state index contributed by atoms with van der Waals surface area (Å²) in [5.41, 5.74) is 5.07. The van der Waals surface area contributed by atoms with Gasteiger partial charge in [0.25, 0.3) is 0 Å². The zero-order valence-electron chi connectivity index (χ0n) is 24.0. The predicted molar refractivity (Wildman–Crippen MR) is 164 cm³/mol. The molecular formula is C31H36N8O3. The molecule has 42 heavy (non-hydrogen) atoms. The summed E-state index contributed by atoms with van der Waals surface area (Å²) in [4.78, 5) is 26.3. The highest BCUT2D eigenvalue weighted by Gasteiger charge is 2.28. The Kier molecular flexibility index (Phi) is 8.02. The van der Waals surface area contributed by atoms with Gasteiger partial charge < -0.3 is 25.0 Å². The average molecular weight is 569 g/mol. The van der Waals surface area contributed by atoms with E-state index < -0.39 is 0 Å². The van der Waals surface area contributed by atoms with E-state index in [0.29, 0.717) is 29.0 Å². The SMILES string of the molecule is C=CC(=O)Nc1cc(Nc2cc(-c3ccc4c(cnn4C)c3)ncn2)c(OC)cc1N1CCC(N2CCOCC2)CC1. The molecule has 11 heteroatoms. The molecule has 0 bridgehead atoms. The van der Waals surface area contributed by atoms with Crippen molar-refractivity contribution in [2.24, 2.45) is 7.05 Å². The summed E-state index contributed by atoms with van der Waals surface area (Å²) in [6.45, 7) is 8.98. The van der Waals surface area contributed by atoms with Gasteiger partial charge in [-0.25, -0.2) is 9.97 Å². The van der Waals surface area contributed by atoms with Crippen LogP contribution in [0, 0.1) is 0 Å². The van der Waals surface area contributed by atoms with Crippen LogP contribution in [0.1, 0.15) is 12.8 Å². The Balaban J connectivity index is 1.26. The van der Waals surface area contributed by atoms with Gasteiger partial charge in [0.2, 0.25) is 5.91 Å². The first-order valence-corrected chi connectivity index (χ1v) is 14.3. The molecule has 4 aromatic rings. The second kappa shape index (κ2) is 12.2. The van der Waals surface area contributed by atoms with Crippen LogP contribution in [0.25, 0.3) is 22.2 Å². The third-order valence-corrected chi connectivity index (χ3v) is 8.10. The maximum atomic E-state index is 12.5. The Morgan fingerprint density at radius 1 is 1.07 bits per heavy atom. The van der Waals surface area contributed by atoms with Crippen LogP contribution in [-0.2, 0) is 16.6 Å². The summed E-state index contributed by atoms with van der Waals surface area (Å²) in [5.74, 6) is 0.976. The van der Waals surface area contributed by atoms with Gasteiger partial charge in [0.1, 0.15) is 17.9 Å². The van der Waals surface area contributed by atoms with Crippen molar-refractivity contribution >= 4 is 39.7 Å². The first-order valence-electron chi connectivity index (χ1n) is 14.3. The first kappa shape index (κ1) is 27.7. The van der Waals surface area contributed by atoms with Crippen LogP contribution in [0.5, 0.6) is 5.75 Å². The summed E-state index contributed by atoms with van der Waals surface area (Å²) in [5, 5.41) is 11.8. The largest absolute Gasteiger partial charge is 0.494 e. The summed E-state index contributed by atoms with van der Waals surface area (Å²) in [6, 6.07) is 12.4. The number of carbonyl (C=O) groups excluding carboxylic acids is 1. The molecular weight excluding hydrogens is 532 g/mol.